The van der Waals surface area contributed by atoms with Crippen molar-refractivity contribution >= 4 is 0 Å². The maximum atomic E-state index is 5.46. The van der Waals surface area contributed by atoms with Crippen molar-refractivity contribution in [3.05, 3.63) is 65.8 Å². The van der Waals surface area contributed by atoms with Gasteiger partial charge >= 0.3 is 0 Å². The fourth-order valence-corrected chi connectivity index (χ4v) is 2.69. The van der Waals surface area contributed by atoms with E-state index in [1.165, 1.54) is 11.1 Å². The Morgan fingerprint density at radius 1 is 1.14 bits per heavy atom. The van der Waals surface area contributed by atoms with Gasteiger partial charge < -0.3 is 9.84 Å². The Bertz CT molecular complexity index is 754. The maximum Gasteiger partial charge on any atom is 0.248 e. The molecule has 1 aliphatic heterocycles. The summed E-state index contributed by atoms with van der Waals surface area (Å²) in [6.07, 6.45) is 4.48. The Morgan fingerprint density at radius 2 is 2.10 bits per heavy atom. The molecular weight excluding hydrogens is 264 g/mol. The van der Waals surface area contributed by atoms with Crippen LogP contribution in [0.25, 0.3) is 11.4 Å². The van der Waals surface area contributed by atoms with Crippen LogP contribution in [0.1, 0.15) is 23.1 Å². The summed E-state index contributed by atoms with van der Waals surface area (Å²) in [5.74, 6) is 1.17. The van der Waals surface area contributed by atoms with Crippen molar-refractivity contribution in [3.63, 3.8) is 0 Å². The minimum absolute atomic E-state index is 0.0344. The predicted octanol–water partition coefficient (Wildman–Crippen LogP) is 2.37. The van der Waals surface area contributed by atoms with Crippen LogP contribution in [0.4, 0.5) is 0 Å². The first-order valence-corrected chi connectivity index (χ1v) is 6.97. The fourth-order valence-electron chi connectivity index (χ4n) is 2.69. The highest BCUT2D eigenvalue weighted by molar-refractivity contribution is 5.52. The first-order valence-electron chi connectivity index (χ1n) is 6.97. The van der Waals surface area contributed by atoms with E-state index in [-0.39, 0.29) is 6.04 Å². The van der Waals surface area contributed by atoms with E-state index < -0.39 is 0 Å². The molecule has 0 amide bonds. The largest absolute Gasteiger partial charge is 0.337 e. The lowest BCUT2D eigenvalue weighted by atomic mass is 9.94. The average Bonchev–Trinajstić information content (AvgIpc) is 3.05. The Kier molecular flexibility index (Phi) is 2.97. The summed E-state index contributed by atoms with van der Waals surface area (Å²) in [6, 6.07) is 12.1. The maximum absolute atomic E-state index is 5.46. The molecule has 3 heterocycles. The molecule has 4 rings (SSSR count). The van der Waals surface area contributed by atoms with Gasteiger partial charge in [0.2, 0.25) is 11.7 Å². The normalized spacial score (nSPS) is 17.4. The number of nitrogens with zero attached hydrogens (tertiary/aromatic N) is 3. The second-order valence-corrected chi connectivity index (χ2v) is 5.03. The first-order chi connectivity index (χ1) is 10.4. The summed E-state index contributed by atoms with van der Waals surface area (Å²) in [6.45, 7) is 0.909. The molecule has 5 heteroatoms. The Balaban J connectivity index is 1.71. The van der Waals surface area contributed by atoms with Gasteiger partial charge in [0.15, 0.2) is 0 Å². The van der Waals surface area contributed by atoms with Gasteiger partial charge in [0.1, 0.15) is 6.04 Å². The van der Waals surface area contributed by atoms with Crippen LogP contribution in [0.5, 0.6) is 0 Å². The average molecular weight is 278 g/mol. The molecule has 0 bridgehead atoms. The molecule has 0 saturated heterocycles. The first kappa shape index (κ1) is 12.2. The molecule has 0 saturated carbocycles. The van der Waals surface area contributed by atoms with Crippen LogP contribution < -0.4 is 5.32 Å². The summed E-state index contributed by atoms with van der Waals surface area (Å²) >= 11 is 0. The Hall–Kier alpha value is -2.53. The fraction of sp³-hybridized carbons (Fsp3) is 0.188. The molecule has 0 radical (unpaired) electrons. The summed E-state index contributed by atoms with van der Waals surface area (Å²) in [7, 11) is 0. The minimum Gasteiger partial charge on any atom is -0.337 e. The number of aromatic nitrogens is 3. The van der Waals surface area contributed by atoms with Crippen LogP contribution in [0, 0.1) is 0 Å². The van der Waals surface area contributed by atoms with Crippen molar-refractivity contribution in [2.45, 2.75) is 12.5 Å². The Morgan fingerprint density at radius 3 is 3.00 bits per heavy atom. The molecular formula is C16H14N4O. The second kappa shape index (κ2) is 5.10. The molecule has 1 atom stereocenters. The van der Waals surface area contributed by atoms with Gasteiger partial charge in [-0.2, -0.15) is 4.98 Å². The third-order valence-electron chi connectivity index (χ3n) is 3.72. The molecule has 0 aliphatic carbocycles. The molecule has 1 N–H and O–H groups in total. The van der Waals surface area contributed by atoms with E-state index in [4.69, 9.17) is 4.52 Å². The van der Waals surface area contributed by atoms with E-state index in [2.05, 4.69) is 38.6 Å². The van der Waals surface area contributed by atoms with Crippen molar-refractivity contribution < 1.29 is 4.52 Å². The van der Waals surface area contributed by atoms with E-state index in [9.17, 15) is 0 Å². The molecule has 1 unspecified atom stereocenters. The third-order valence-corrected chi connectivity index (χ3v) is 3.72. The van der Waals surface area contributed by atoms with Gasteiger partial charge in [-0.25, -0.2) is 0 Å². The highest BCUT2D eigenvalue weighted by Crippen LogP contribution is 2.28. The van der Waals surface area contributed by atoms with Crippen LogP contribution in [0.3, 0.4) is 0 Å². The predicted molar refractivity (Wildman–Crippen MR) is 77.5 cm³/mol. The van der Waals surface area contributed by atoms with E-state index in [1.807, 2.05) is 18.2 Å². The van der Waals surface area contributed by atoms with Gasteiger partial charge in [0.05, 0.1) is 0 Å². The standard InChI is InChI=1S/C16H14N4O/c1-2-6-13-11(4-1)7-9-18-14(13)16-19-15(20-21-16)12-5-3-8-17-10-12/h1-6,8,10,14,18H,7,9H2. The van der Waals surface area contributed by atoms with Gasteiger partial charge in [-0.15, -0.1) is 0 Å². The van der Waals surface area contributed by atoms with Gasteiger partial charge in [0.25, 0.3) is 0 Å². The molecule has 104 valence electrons. The van der Waals surface area contributed by atoms with Crippen LogP contribution >= 0.6 is 0 Å². The molecule has 1 aliphatic rings. The highest BCUT2D eigenvalue weighted by atomic mass is 16.5. The second-order valence-electron chi connectivity index (χ2n) is 5.03. The number of hydrogen-bond donors (Lipinski definition) is 1. The van der Waals surface area contributed by atoms with Gasteiger partial charge in [-0.3, -0.25) is 4.98 Å². The lowest BCUT2D eigenvalue weighted by Gasteiger charge is -2.23. The zero-order valence-electron chi connectivity index (χ0n) is 11.4. The van der Waals surface area contributed by atoms with Crippen molar-refractivity contribution in [2.24, 2.45) is 0 Å². The van der Waals surface area contributed by atoms with E-state index in [1.54, 1.807) is 12.4 Å². The summed E-state index contributed by atoms with van der Waals surface area (Å²) in [4.78, 5) is 8.60. The number of fused-ring (bicyclic) bond motifs is 1. The smallest absolute Gasteiger partial charge is 0.248 e. The minimum atomic E-state index is -0.0344. The summed E-state index contributed by atoms with van der Waals surface area (Å²) in [5.41, 5.74) is 3.41. The Labute approximate surface area is 122 Å². The van der Waals surface area contributed by atoms with Crippen LogP contribution in [-0.4, -0.2) is 21.7 Å². The highest BCUT2D eigenvalue weighted by Gasteiger charge is 2.26. The summed E-state index contributed by atoms with van der Waals surface area (Å²) < 4.78 is 5.46. The van der Waals surface area contributed by atoms with E-state index >= 15 is 0 Å². The zero-order valence-corrected chi connectivity index (χ0v) is 11.4. The van der Waals surface area contributed by atoms with Gasteiger partial charge in [0, 0.05) is 24.5 Å². The SMILES string of the molecule is c1cncc(-c2noc(C3NCCc4ccccc43)n2)c1. The molecule has 2 aromatic heterocycles. The van der Waals surface area contributed by atoms with Gasteiger partial charge in [-0.1, -0.05) is 29.4 Å². The summed E-state index contributed by atoms with van der Waals surface area (Å²) in [5, 5.41) is 7.51. The molecule has 5 nitrogen and oxygen atoms in total. The van der Waals surface area contributed by atoms with Crippen molar-refractivity contribution in [3.8, 4) is 11.4 Å². The molecule has 0 fully saturated rings. The molecule has 1 aromatic carbocycles. The third kappa shape index (κ3) is 2.21. The van der Waals surface area contributed by atoms with Gasteiger partial charge in [-0.05, 0) is 29.7 Å². The molecule has 3 aromatic rings. The molecule has 21 heavy (non-hydrogen) atoms. The lowest BCUT2D eigenvalue weighted by molar-refractivity contribution is 0.344. The van der Waals surface area contributed by atoms with E-state index in [0.29, 0.717) is 11.7 Å². The van der Waals surface area contributed by atoms with Crippen molar-refractivity contribution in [1.29, 1.82) is 0 Å². The number of rotatable bonds is 2. The van der Waals surface area contributed by atoms with Crippen LogP contribution in [0.15, 0.2) is 53.3 Å². The van der Waals surface area contributed by atoms with Crippen molar-refractivity contribution in [2.75, 3.05) is 6.54 Å². The number of hydrogen-bond acceptors (Lipinski definition) is 5. The van der Waals surface area contributed by atoms with E-state index in [0.717, 1.165) is 18.5 Å². The van der Waals surface area contributed by atoms with Crippen molar-refractivity contribution in [1.82, 2.24) is 20.4 Å². The number of benzene rings is 1. The molecule has 0 spiro atoms. The monoisotopic (exact) mass is 278 g/mol. The van der Waals surface area contributed by atoms with Crippen LogP contribution in [-0.2, 0) is 6.42 Å². The van der Waals surface area contributed by atoms with Crippen LogP contribution in [0.2, 0.25) is 0 Å². The lowest BCUT2D eigenvalue weighted by Crippen LogP contribution is -2.30. The quantitative estimate of drug-likeness (QED) is 0.779. The topological polar surface area (TPSA) is 63.8 Å². The zero-order chi connectivity index (χ0) is 14.1. The number of nitrogens with one attached hydrogen (secondary N) is 1. The number of pyridine rings is 1.